The number of nitrogens with zero attached hydrogens (tertiary/aromatic N) is 1. The van der Waals surface area contributed by atoms with Gasteiger partial charge in [0.05, 0.1) is 0 Å². The molecule has 1 aliphatic carbocycles. The molecule has 2 heteroatoms. The third-order valence-electron chi connectivity index (χ3n) is 5.88. The van der Waals surface area contributed by atoms with Crippen LogP contribution in [-0.4, -0.2) is 31.1 Å². The monoisotopic (exact) mass is 334 g/mol. The Bertz CT molecular complexity index is 716. The van der Waals surface area contributed by atoms with E-state index >= 15 is 0 Å². The van der Waals surface area contributed by atoms with Crippen molar-refractivity contribution in [3.05, 3.63) is 59.2 Å². The van der Waals surface area contributed by atoms with Crippen LogP contribution in [0.3, 0.4) is 0 Å². The normalized spacial score (nSPS) is 18.0. The van der Waals surface area contributed by atoms with E-state index in [4.69, 9.17) is 0 Å². The molecule has 2 aliphatic rings. The minimum atomic E-state index is 0.586. The lowest BCUT2D eigenvalue weighted by Gasteiger charge is -2.35. The first kappa shape index (κ1) is 16.8. The second kappa shape index (κ2) is 7.72. The lowest BCUT2D eigenvalue weighted by molar-refractivity contribution is 0.162. The molecule has 2 nitrogen and oxygen atoms in total. The van der Waals surface area contributed by atoms with E-state index in [1.165, 1.54) is 66.6 Å². The minimum absolute atomic E-state index is 0.586. The summed E-state index contributed by atoms with van der Waals surface area (Å²) >= 11 is 0. The molecule has 2 aromatic rings. The molecule has 1 atom stereocenters. The molecule has 1 aliphatic heterocycles. The summed E-state index contributed by atoms with van der Waals surface area (Å²) in [6, 6.07) is 16.8. The number of rotatable bonds is 6. The molecule has 0 amide bonds. The summed E-state index contributed by atoms with van der Waals surface area (Å²) in [6.07, 6.45) is 6.37. The summed E-state index contributed by atoms with van der Waals surface area (Å²) in [5, 5.41) is 3.50. The van der Waals surface area contributed by atoms with Crippen LogP contribution >= 0.6 is 0 Å². The SMILES string of the molecule is CCCCC[C@@H](c1ccc2c(c1)Cc1ccccc1-2)N1CCNCC1. The predicted octanol–water partition coefficient (Wildman–Crippen LogP) is 4.78. The average Bonchev–Trinajstić information content (AvgIpc) is 3.04. The van der Waals surface area contributed by atoms with Crippen molar-refractivity contribution in [3.63, 3.8) is 0 Å². The zero-order chi connectivity index (χ0) is 17.1. The molecular weight excluding hydrogens is 304 g/mol. The maximum Gasteiger partial charge on any atom is 0.0349 e. The number of nitrogens with one attached hydrogen (secondary N) is 1. The summed E-state index contributed by atoms with van der Waals surface area (Å²) in [6.45, 7) is 6.90. The highest BCUT2D eigenvalue weighted by Crippen LogP contribution is 2.39. The fourth-order valence-corrected chi connectivity index (χ4v) is 4.51. The van der Waals surface area contributed by atoms with Gasteiger partial charge in [0.1, 0.15) is 0 Å². The van der Waals surface area contributed by atoms with Crippen molar-refractivity contribution in [2.75, 3.05) is 26.2 Å². The molecule has 1 saturated heterocycles. The van der Waals surface area contributed by atoms with Gasteiger partial charge in [0, 0.05) is 32.2 Å². The standard InChI is InChI=1S/C23H30N2/c1-2-3-4-9-23(25-14-12-24-13-15-25)19-10-11-22-20(17-19)16-18-7-5-6-8-21(18)22/h5-8,10-11,17,23-24H,2-4,9,12-16H2,1H3/t23-/m0/s1. The van der Waals surface area contributed by atoms with E-state index in [-0.39, 0.29) is 0 Å². The zero-order valence-corrected chi connectivity index (χ0v) is 15.4. The zero-order valence-electron chi connectivity index (χ0n) is 15.4. The summed E-state index contributed by atoms with van der Waals surface area (Å²) in [5.41, 5.74) is 7.43. The van der Waals surface area contributed by atoms with Gasteiger partial charge in [0.2, 0.25) is 0 Å². The number of fused-ring (bicyclic) bond motifs is 3. The maximum absolute atomic E-state index is 3.50. The van der Waals surface area contributed by atoms with Gasteiger partial charge in [-0.1, -0.05) is 68.7 Å². The number of benzene rings is 2. The van der Waals surface area contributed by atoms with Gasteiger partial charge in [-0.05, 0) is 40.7 Å². The van der Waals surface area contributed by atoms with Crippen LogP contribution in [0, 0.1) is 0 Å². The first-order chi connectivity index (χ1) is 12.4. The quantitative estimate of drug-likeness (QED) is 0.652. The van der Waals surface area contributed by atoms with Gasteiger partial charge >= 0.3 is 0 Å². The van der Waals surface area contributed by atoms with E-state index in [0.717, 1.165) is 19.5 Å². The van der Waals surface area contributed by atoms with Crippen molar-refractivity contribution in [1.29, 1.82) is 0 Å². The van der Waals surface area contributed by atoms with Gasteiger partial charge in [-0.3, -0.25) is 4.90 Å². The molecule has 2 aromatic carbocycles. The second-order valence-electron chi connectivity index (χ2n) is 7.55. The summed E-state index contributed by atoms with van der Waals surface area (Å²) in [4.78, 5) is 2.70. The first-order valence-electron chi connectivity index (χ1n) is 10.0. The van der Waals surface area contributed by atoms with Crippen LogP contribution < -0.4 is 5.32 Å². The van der Waals surface area contributed by atoms with E-state index in [1.54, 1.807) is 0 Å². The molecule has 1 fully saturated rings. The van der Waals surface area contributed by atoms with Crippen LogP contribution in [0.15, 0.2) is 42.5 Å². The topological polar surface area (TPSA) is 15.3 Å². The van der Waals surface area contributed by atoms with Crippen LogP contribution in [0.25, 0.3) is 11.1 Å². The van der Waals surface area contributed by atoms with Crippen LogP contribution in [0.2, 0.25) is 0 Å². The van der Waals surface area contributed by atoms with E-state index in [2.05, 4.69) is 59.6 Å². The lowest BCUT2D eigenvalue weighted by atomic mass is 9.94. The Labute approximate surface area is 152 Å². The molecule has 0 spiro atoms. The van der Waals surface area contributed by atoms with E-state index < -0.39 is 0 Å². The largest absolute Gasteiger partial charge is 0.314 e. The Balaban J connectivity index is 1.60. The molecule has 0 radical (unpaired) electrons. The maximum atomic E-state index is 3.50. The van der Waals surface area contributed by atoms with E-state index in [9.17, 15) is 0 Å². The third kappa shape index (κ3) is 3.51. The third-order valence-corrected chi connectivity index (χ3v) is 5.88. The summed E-state index contributed by atoms with van der Waals surface area (Å²) in [7, 11) is 0. The van der Waals surface area contributed by atoms with Gasteiger partial charge in [-0.25, -0.2) is 0 Å². The van der Waals surface area contributed by atoms with Gasteiger partial charge in [0.25, 0.3) is 0 Å². The summed E-state index contributed by atoms with van der Waals surface area (Å²) < 4.78 is 0. The second-order valence-corrected chi connectivity index (χ2v) is 7.55. The van der Waals surface area contributed by atoms with Crippen LogP contribution in [0.4, 0.5) is 0 Å². The molecular formula is C23H30N2. The highest BCUT2D eigenvalue weighted by Gasteiger charge is 2.24. The molecule has 0 aromatic heterocycles. The molecule has 1 heterocycles. The molecule has 0 unspecified atom stereocenters. The van der Waals surface area contributed by atoms with E-state index in [0.29, 0.717) is 6.04 Å². The van der Waals surface area contributed by atoms with Crippen LogP contribution in [0.1, 0.15) is 55.3 Å². The number of piperazine rings is 1. The minimum Gasteiger partial charge on any atom is -0.314 e. The van der Waals surface area contributed by atoms with Crippen LogP contribution in [0.5, 0.6) is 0 Å². The Morgan fingerprint density at radius 2 is 1.76 bits per heavy atom. The Kier molecular flexibility index (Phi) is 5.19. The number of unbranched alkanes of at least 4 members (excludes halogenated alkanes) is 2. The van der Waals surface area contributed by atoms with E-state index in [1.807, 2.05) is 0 Å². The Hall–Kier alpha value is -1.64. The fourth-order valence-electron chi connectivity index (χ4n) is 4.51. The summed E-state index contributed by atoms with van der Waals surface area (Å²) in [5.74, 6) is 0. The molecule has 25 heavy (non-hydrogen) atoms. The Morgan fingerprint density at radius 1 is 0.960 bits per heavy atom. The van der Waals surface area contributed by atoms with Crippen LogP contribution in [-0.2, 0) is 6.42 Å². The fraction of sp³-hybridized carbons (Fsp3) is 0.478. The average molecular weight is 335 g/mol. The van der Waals surface area contributed by atoms with Gasteiger partial charge in [-0.15, -0.1) is 0 Å². The Morgan fingerprint density at radius 3 is 2.60 bits per heavy atom. The van der Waals surface area contributed by atoms with Crippen molar-refractivity contribution in [2.45, 2.75) is 45.1 Å². The van der Waals surface area contributed by atoms with Gasteiger partial charge < -0.3 is 5.32 Å². The van der Waals surface area contributed by atoms with Crippen molar-refractivity contribution in [3.8, 4) is 11.1 Å². The van der Waals surface area contributed by atoms with Crippen molar-refractivity contribution >= 4 is 0 Å². The van der Waals surface area contributed by atoms with Gasteiger partial charge in [0.15, 0.2) is 0 Å². The number of hydrogen-bond donors (Lipinski definition) is 1. The molecule has 1 N–H and O–H groups in total. The lowest BCUT2D eigenvalue weighted by Crippen LogP contribution is -2.45. The van der Waals surface area contributed by atoms with Crippen molar-refractivity contribution < 1.29 is 0 Å². The predicted molar refractivity (Wildman–Crippen MR) is 106 cm³/mol. The highest BCUT2D eigenvalue weighted by molar-refractivity contribution is 5.77. The molecule has 4 rings (SSSR count). The first-order valence-corrected chi connectivity index (χ1v) is 10.0. The molecule has 132 valence electrons. The molecule has 0 saturated carbocycles. The molecule has 0 bridgehead atoms. The highest BCUT2D eigenvalue weighted by atomic mass is 15.2. The van der Waals surface area contributed by atoms with Gasteiger partial charge in [-0.2, -0.15) is 0 Å². The smallest absolute Gasteiger partial charge is 0.0349 e. The van der Waals surface area contributed by atoms with Crippen molar-refractivity contribution in [1.82, 2.24) is 10.2 Å². The number of hydrogen-bond acceptors (Lipinski definition) is 2. The van der Waals surface area contributed by atoms with Crippen molar-refractivity contribution in [2.24, 2.45) is 0 Å².